The molecule has 2 heteroatoms. The monoisotopic (exact) mass is 234 g/mol. The number of rotatable bonds is 7. The molecule has 0 spiro atoms. The summed E-state index contributed by atoms with van der Waals surface area (Å²) in [6, 6.07) is 9.01. The molecule has 1 aromatic rings. The number of para-hydroxylation sites is 1. The molecule has 17 heavy (non-hydrogen) atoms. The number of nitrogens with two attached hydrogens (primary N) is 1. The highest BCUT2D eigenvalue weighted by atomic mass is 15.2. The molecular formula is C15H26N2. The Labute approximate surface area is 106 Å². The molecule has 1 aromatic carbocycles. The summed E-state index contributed by atoms with van der Waals surface area (Å²) < 4.78 is 0. The molecule has 0 radical (unpaired) electrons. The van der Waals surface area contributed by atoms with E-state index in [0.29, 0.717) is 12.6 Å². The first-order valence-corrected chi connectivity index (χ1v) is 6.75. The molecule has 0 saturated carbocycles. The van der Waals surface area contributed by atoms with Crippen LogP contribution in [0.2, 0.25) is 0 Å². The number of nitrogens with zero attached hydrogens (tertiary/aromatic N) is 1. The van der Waals surface area contributed by atoms with Crippen LogP contribution in [0, 0.1) is 0 Å². The van der Waals surface area contributed by atoms with Crippen LogP contribution in [0.15, 0.2) is 24.3 Å². The van der Waals surface area contributed by atoms with Gasteiger partial charge in [0.05, 0.1) is 0 Å². The highest BCUT2D eigenvalue weighted by molar-refractivity contribution is 5.54. The predicted octanol–water partition coefficient (Wildman–Crippen LogP) is 3.55. The van der Waals surface area contributed by atoms with Gasteiger partial charge in [-0.15, -0.1) is 0 Å². The third kappa shape index (κ3) is 4.04. The van der Waals surface area contributed by atoms with Gasteiger partial charge in [0.25, 0.3) is 0 Å². The fourth-order valence-corrected chi connectivity index (χ4v) is 2.15. The van der Waals surface area contributed by atoms with Crippen molar-refractivity contribution >= 4 is 5.69 Å². The summed E-state index contributed by atoms with van der Waals surface area (Å²) >= 11 is 0. The van der Waals surface area contributed by atoms with E-state index in [2.05, 4.69) is 49.9 Å². The van der Waals surface area contributed by atoms with E-state index >= 15 is 0 Å². The first kappa shape index (κ1) is 14.0. The van der Waals surface area contributed by atoms with Gasteiger partial charge in [0.15, 0.2) is 0 Å². The molecule has 96 valence electrons. The van der Waals surface area contributed by atoms with Gasteiger partial charge in [-0.2, -0.15) is 0 Å². The van der Waals surface area contributed by atoms with Crippen molar-refractivity contribution in [1.29, 1.82) is 0 Å². The van der Waals surface area contributed by atoms with Gasteiger partial charge in [-0.1, -0.05) is 38.0 Å². The molecule has 0 aliphatic heterocycles. The fourth-order valence-electron chi connectivity index (χ4n) is 2.15. The predicted molar refractivity (Wildman–Crippen MR) is 76.3 cm³/mol. The van der Waals surface area contributed by atoms with Crippen molar-refractivity contribution in [2.24, 2.45) is 5.73 Å². The molecule has 0 saturated heterocycles. The molecule has 0 aliphatic rings. The Balaban J connectivity index is 2.81. The van der Waals surface area contributed by atoms with E-state index in [0.717, 1.165) is 6.54 Å². The minimum atomic E-state index is 0.527. The van der Waals surface area contributed by atoms with Gasteiger partial charge in [-0.25, -0.2) is 0 Å². The van der Waals surface area contributed by atoms with Crippen LogP contribution >= 0.6 is 0 Å². The second-order valence-electron chi connectivity index (χ2n) is 4.83. The molecule has 0 unspecified atom stereocenters. The molecule has 0 heterocycles. The van der Waals surface area contributed by atoms with E-state index in [1.807, 2.05) is 0 Å². The third-order valence-electron chi connectivity index (χ3n) is 3.15. The van der Waals surface area contributed by atoms with Crippen molar-refractivity contribution in [3.8, 4) is 0 Å². The Morgan fingerprint density at radius 1 is 1.18 bits per heavy atom. The Kier molecular flexibility index (Phi) is 6.06. The van der Waals surface area contributed by atoms with Crippen LogP contribution in [0.25, 0.3) is 0 Å². The zero-order chi connectivity index (χ0) is 12.7. The van der Waals surface area contributed by atoms with Gasteiger partial charge in [0.1, 0.15) is 0 Å². The minimum Gasteiger partial charge on any atom is -0.369 e. The third-order valence-corrected chi connectivity index (χ3v) is 3.15. The number of unbranched alkanes of at least 4 members (excludes halogenated alkanes) is 2. The Morgan fingerprint density at radius 2 is 1.88 bits per heavy atom. The Hall–Kier alpha value is -1.02. The average Bonchev–Trinajstić information content (AvgIpc) is 2.34. The van der Waals surface area contributed by atoms with Crippen LogP contribution in [0.4, 0.5) is 5.69 Å². The smallest absolute Gasteiger partial charge is 0.0414 e. The van der Waals surface area contributed by atoms with Crippen LogP contribution in [-0.4, -0.2) is 12.6 Å². The topological polar surface area (TPSA) is 29.3 Å². The lowest BCUT2D eigenvalue weighted by Gasteiger charge is -2.31. The van der Waals surface area contributed by atoms with E-state index in [-0.39, 0.29) is 0 Å². The van der Waals surface area contributed by atoms with Crippen LogP contribution < -0.4 is 10.6 Å². The van der Waals surface area contributed by atoms with E-state index in [1.54, 1.807) is 0 Å². The van der Waals surface area contributed by atoms with Gasteiger partial charge in [0.2, 0.25) is 0 Å². The first-order chi connectivity index (χ1) is 8.20. The Bertz CT molecular complexity index is 320. The molecule has 0 aliphatic carbocycles. The molecule has 0 aromatic heterocycles. The largest absolute Gasteiger partial charge is 0.369 e. The van der Waals surface area contributed by atoms with Crippen LogP contribution in [0.5, 0.6) is 0 Å². The van der Waals surface area contributed by atoms with Gasteiger partial charge in [-0.3, -0.25) is 0 Å². The molecule has 2 N–H and O–H groups in total. The van der Waals surface area contributed by atoms with Crippen molar-refractivity contribution in [3.63, 3.8) is 0 Å². The second-order valence-corrected chi connectivity index (χ2v) is 4.83. The maximum absolute atomic E-state index is 5.82. The van der Waals surface area contributed by atoms with Crippen LogP contribution in [0.3, 0.4) is 0 Å². The average molecular weight is 234 g/mol. The van der Waals surface area contributed by atoms with Crippen molar-refractivity contribution < 1.29 is 0 Å². The zero-order valence-electron chi connectivity index (χ0n) is 11.4. The van der Waals surface area contributed by atoms with E-state index in [9.17, 15) is 0 Å². The first-order valence-electron chi connectivity index (χ1n) is 6.75. The van der Waals surface area contributed by atoms with Crippen molar-refractivity contribution in [2.75, 3.05) is 11.4 Å². The van der Waals surface area contributed by atoms with Gasteiger partial charge < -0.3 is 10.6 Å². The summed E-state index contributed by atoms with van der Waals surface area (Å²) in [6.07, 6.45) is 3.83. The quantitative estimate of drug-likeness (QED) is 0.731. The standard InChI is InChI=1S/C15H26N2/c1-4-5-8-11-17(13(2)3)15-10-7-6-9-14(15)12-16/h6-7,9-10,13H,4-5,8,11-12,16H2,1-3H3. The fraction of sp³-hybridized carbons (Fsp3) is 0.600. The maximum Gasteiger partial charge on any atom is 0.0414 e. The normalized spacial score (nSPS) is 10.9. The molecule has 2 nitrogen and oxygen atoms in total. The van der Waals surface area contributed by atoms with Crippen LogP contribution in [0.1, 0.15) is 45.6 Å². The second kappa shape index (κ2) is 7.33. The van der Waals surface area contributed by atoms with E-state index in [1.165, 1.54) is 30.5 Å². The summed E-state index contributed by atoms with van der Waals surface area (Å²) in [5, 5.41) is 0. The molecule has 0 atom stereocenters. The van der Waals surface area contributed by atoms with Gasteiger partial charge in [-0.05, 0) is 31.9 Å². The van der Waals surface area contributed by atoms with Gasteiger partial charge >= 0.3 is 0 Å². The number of benzene rings is 1. The SMILES string of the molecule is CCCCCN(c1ccccc1CN)C(C)C. The van der Waals surface area contributed by atoms with E-state index in [4.69, 9.17) is 5.73 Å². The summed E-state index contributed by atoms with van der Waals surface area (Å²) in [7, 11) is 0. The lowest BCUT2D eigenvalue weighted by Crippen LogP contribution is -2.32. The lowest BCUT2D eigenvalue weighted by molar-refractivity contribution is 0.624. The van der Waals surface area contributed by atoms with E-state index < -0.39 is 0 Å². The minimum absolute atomic E-state index is 0.527. The highest BCUT2D eigenvalue weighted by Gasteiger charge is 2.12. The van der Waals surface area contributed by atoms with Crippen molar-refractivity contribution in [2.45, 2.75) is 52.6 Å². The molecule has 0 amide bonds. The molecule has 0 bridgehead atoms. The number of anilines is 1. The molecule has 1 rings (SSSR count). The van der Waals surface area contributed by atoms with Crippen LogP contribution in [-0.2, 0) is 6.54 Å². The van der Waals surface area contributed by atoms with Gasteiger partial charge in [0, 0.05) is 24.8 Å². The Morgan fingerprint density at radius 3 is 2.47 bits per heavy atom. The number of hydrogen-bond donors (Lipinski definition) is 1. The van der Waals surface area contributed by atoms with Crippen molar-refractivity contribution in [3.05, 3.63) is 29.8 Å². The summed E-state index contributed by atoms with van der Waals surface area (Å²) in [5.41, 5.74) is 8.37. The summed E-state index contributed by atoms with van der Waals surface area (Å²) in [4.78, 5) is 2.47. The lowest BCUT2D eigenvalue weighted by atomic mass is 10.1. The summed E-state index contributed by atoms with van der Waals surface area (Å²) in [6.45, 7) is 8.49. The number of hydrogen-bond acceptors (Lipinski definition) is 2. The van der Waals surface area contributed by atoms with Crippen molar-refractivity contribution in [1.82, 2.24) is 0 Å². The highest BCUT2D eigenvalue weighted by Crippen LogP contribution is 2.22. The molecular weight excluding hydrogens is 208 g/mol. The zero-order valence-corrected chi connectivity index (χ0v) is 11.4. The summed E-state index contributed by atoms with van der Waals surface area (Å²) in [5.74, 6) is 0. The molecule has 0 fully saturated rings. The maximum atomic E-state index is 5.82.